The maximum absolute atomic E-state index is 11.6. The van der Waals surface area contributed by atoms with Crippen LogP contribution in [-0.2, 0) is 10.5 Å². The molecule has 17 heavy (non-hydrogen) atoms. The van der Waals surface area contributed by atoms with Gasteiger partial charge in [0.05, 0.1) is 12.4 Å². The fourth-order valence-electron chi connectivity index (χ4n) is 1.82. The molecule has 1 heterocycles. The van der Waals surface area contributed by atoms with E-state index in [1.807, 2.05) is 24.3 Å². The van der Waals surface area contributed by atoms with Gasteiger partial charge in [-0.15, -0.1) is 11.8 Å². The summed E-state index contributed by atoms with van der Waals surface area (Å²) in [7, 11) is 1.66. The molecule has 1 N–H and O–H groups in total. The summed E-state index contributed by atoms with van der Waals surface area (Å²) >= 11 is 1.72. The number of carbonyl (C=O) groups excluding carboxylic acids is 1. The van der Waals surface area contributed by atoms with Crippen LogP contribution < -0.4 is 10.1 Å². The van der Waals surface area contributed by atoms with Crippen molar-refractivity contribution in [2.45, 2.75) is 23.8 Å². The van der Waals surface area contributed by atoms with E-state index in [-0.39, 0.29) is 11.2 Å². The molecule has 1 aliphatic heterocycles. The van der Waals surface area contributed by atoms with E-state index in [0.29, 0.717) is 0 Å². The van der Waals surface area contributed by atoms with Gasteiger partial charge in [-0.3, -0.25) is 4.79 Å². The van der Waals surface area contributed by atoms with Crippen LogP contribution in [0.3, 0.4) is 0 Å². The number of hydrogen-bond donors (Lipinski definition) is 1. The number of thioether (sulfide) groups is 1. The Morgan fingerprint density at radius 1 is 1.41 bits per heavy atom. The van der Waals surface area contributed by atoms with Gasteiger partial charge in [0.15, 0.2) is 0 Å². The summed E-state index contributed by atoms with van der Waals surface area (Å²) in [6.07, 6.45) is 2.08. The summed E-state index contributed by atoms with van der Waals surface area (Å²) in [5.74, 6) is 1.94. The quantitative estimate of drug-likeness (QED) is 0.891. The van der Waals surface area contributed by atoms with Gasteiger partial charge in [-0.2, -0.15) is 0 Å². The van der Waals surface area contributed by atoms with Crippen LogP contribution in [0.1, 0.15) is 18.4 Å². The van der Waals surface area contributed by atoms with E-state index in [0.717, 1.165) is 30.9 Å². The Morgan fingerprint density at radius 2 is 2.18 bits per heavy atom. The number of nitrogens with one attached hydrogen (secondary N) is 1. The maximum atomic E-state index is 11.6. The number of amides is 1. The minimum atomic E-state index is 0.117. The molecular weight excluding hydrogens is 234 g/mol. The molecule has 0 bridgehead atoms. The molecular formula is C13H17NO2S. The van der Waals surface area contributed by atoms with Gasteiger partial charge in [-0.05, 0) is 30.5 Å². The lowest BCUT2D eigenvalue weighted by molar-refractivity contribution is -0.121. The van der Waals surface area contributed by atoms with E-state index in [1.165, 1.54) is 5.56 Å². The van der Waals surface area contributed by atoms with Gasteiger partial charge in [0, 0.05) is 12.3 Å². The minimum absolute atomic E-state index is 0.117. The maximum Gasteiger partial charge on any atom is 0.233 e. The Balaban J connectivity index is 1.86. The van der Waals surface area contributed by atoms with Crippen molar-refractivity contribution in [3.8, 4) is 5.75 Å². The van der Waals surface area contributed by atoms with Gasteiger partial charge < -0.3 is 10.1 Å². The van der Waals surface area contributed by atoms with Gasteiger partial charge in [-0.1, -0.05) is 12.1 Å². The Labute approximate surface area is 106 Å². The highest BCUT2D eigenvalue weighted by Gasteiger charge is 2.21. The Kier molecular flexibility index (Phi) is 4.31. The molecule has 0 aliphatic carbocycles. The highest BCUT2D eigenvalue weighted by atomic mass is 32.2. The molecule has 1 atom stereocenters. The van der Waals surface area contributed by atoms with Crippen molar-refractivity contribution in [3.05, 3.63) is 29.8 Å². The topological polar surface area (TPSA) is 38.3 Å². The lowest BCUT2D eigenvalue weighted by Gasteiger charge is -2.21. The molecule has 2 rings (SSSR count). The standard InChI is InChI=1S/C13H17NO2S/c1-16-11-6-4-10(5-7-11)9-17-12-3-2-8-14-13(12)15/h4-7,12H,2-3,8-9H2,1H3,(H,14,15). The van der Waals surface area contributed by atoms with Crippen LogP contribution in [0.4, 0.5) is 0 Å². The first-order chi connectivity index (χ1) is 8.29. The van der Waals surface area contributed by atoms with Crippen LogP contribution >= 0.6 is 11.8 Å². The van der Waals surface area contributed by atoms with Crippen molar-refractivity contribution in [2.24, 2.45) is 0 Å². The average Bonchev–Trinajstić information content (AvgIpc) is 2.38. The van der Waals surface area contributed by atoms with Crippen LogP contribution in [0, 0.1) is 0 Å². The molecule has 0 radical (unpaired) electrons. The van der Waals surface area contributed by atoms with Crippen LogP contribution in [-0.4, -0.2) is 24.8 Å². The highest BCUT2D eigenvalue weighted by Crippen LogP contribution is 2.24. The third-order valence-electron chi connectivity index (χ3n) is 2.84. The number of hydrogen-bond acceptors (Lipinski definition) is 3. The molecule has 1 unspecified atom stereocenters. The highest BCUT2D eigenvalue weighted by molar-refractivity contribution is 7.99. The smallest absolute Gasteiger partial charge is 0.233 e. The van der Waals surface area contributed by atoms with Crippen molar-refractivity contribution in [1.82, 2.24) is 5.32 Å². The number of carbonyl (C=O) groups is 1. The summed E-state index contributed by atoms with van der Waals surface area (Å²) in [6, 6.07) is 8.01. The van der Waals surface area contributed by atoms with Crippen molar-refractivity contribution < 1.29 is 9.53 Å². The number of ether oxygens (including phenoxy) is 1. The predicted octanol–water partition coefficient (Wildman–Crippen LogP) is 2.21. The molecule has 0 saturated carbocycles. The van der Waals surface area contributed by atoms with Crippen LogP contribution in [0.5, 0.6) is 5.75 Å². The first kappa shape index (κ1) is 12.3. The summed E-state index contributed by atoms with van der Waals surface area (Å²) in [6.45, 7) is 0.832. The predicted molar refractivity (Wildman–Crippen MR) is 70.3 cm³/mol. The number of rotatable bonds is 4. The van der Waals surface area contributed by atoms with Gasteiger partial charge in [0.25, 0.3) is 0 Å². The SMILES string of the molecule is COc1ccc(CSC2CCCNC2=O)cc1. The van der Waals surface area contributed by atoms with E-state index in [9.17, 15) is 4.79 Å². The third-order valence-corrected chi connectivity index (χ3v) is 4.20. The number of benzene rings is 1. The zero-order chi connectivity index (χ0) is 12.1. The monoisotopic (exact) mass is 251 g/mol. The fraction of sp³-hybridized carbons (Fsp3) is 0.462. The van der Waals surface area contributed by atoms with Crippen molar-refractivity contribution in [1.29, 1.82) is 0 Å². The second-order valence-corrected chi connectivity index (χ2v) is 5.27. The van der Waals surface area contributed by atoms with Crippen molar-refractivity contribution >= 4 is 17.7 Å². The normalized spacial score (nSPS) is 19.8. The first-order valence-electron chi connectivity index (χ1n) is 5.82. The number of piperidine rings is 1. The van der Waals surface area contributed by atoms with E-state index in [2.05, 4.69) is 5.32 Å². The molecule has 1 saturated heterocycles. The van der Waals surface area contributed by atoms with Gasteiger partial charge in [0.1, 0.15) is 5.75 Å². The Morgan fingerprint density at radius 3 is 2.82 bits per heavy atom. The zero-order valence-corrected chi connectivity index (χ0v) is 10.8. The van der Waals surface area contributed by atoms with E-state index in [4.69, 9.17) is 4.74 Å². The molecule has 0 spiro atoms. The lowest BCUT2D eigenvalue weighted by Crippen LogP contribution is -2.38. The van der Waals surface area contributed by atoms with Crippen LogP contribution in [0.25, 0.3) is 0 Å². The van der Waals surface area contributed by atoms with E-state index in [1.54, 1.807) is 18.9 Å². The largest absolute Gasteiger partial charge is 0.497 e. The molecule has 0 aromatic heterocycles. The van der Waals surface area contributed by atoms with Crippen molar-refractivity contribution in [2.75, 3.05) is 13.7 Å². The molecule has 1 amide bonds. The summed E-state index contributed by atoms with van der Waals surface area (Å²) in [4.78, 5) is 11.6. The van der Waals surface area contributed by atoms with E-state index >= 15 is 0 Å². The lowest BCUT2D eigenvalue weighted by atomic mass is 10.1. The second-order valence-electron chi connectivity index (χ2n) is 4.08. The van der Waals surface area contributed by atoms with Crippen LogP contribution in [0.15, 0.2) is 24.3 Å². The third kappa shape index (κ3) is 3.40. The van der Waals surface area contributed by atoms with Gasteiger partial charge in [-0.25, -0.2) is 0 Å². The average molecular weight is 251 g/mol. The molecule has 4 heteroatoms. The molecule has 1 aromatic carbocycles. The first-order valence-corrected chi connectivity index (χ1v) is 6.87. The fourth-order valence-corrected chi connectivity index (χ4v) is 2.98. The molecule has 1 fully saturated rings. The van der Waals surface area contributed by atoms with Gasteiger partial charge in [0.2, 0.25) is 5.91 Å². The molecule has 3 nitrogen and oxygen atoms in total. The van der Waals surface area contributed by atoms with E-state index < -0.39 is 0 Å². The Hall–Kier alpha value is -1.16. The summed E-state index contributed by atoms with van der Waals surface area (Å²) in [5.41, 5.74) is 1.23. The zero-order valence-electron chi connectivity index (χ0n) is 9.94. The summed E-state index contributed by atoms with van der Waals surface area (Å²) < 4.78 is 5.11. The minimum Gasteiger partial charge on any atom is -0.497 e. The van der Waals surface area contributed by atoms with Crippen molar-refractivity contribution in [3.63, 3.8) is 0 Å². The Bertz CT molecular complexity index is 378. The number of methoxy groups -OCH3 is 1. The van der Waals surface area contributed by atoms with Crippen LogP contribution in [0.2, 0.25) is 0 Å². The molecule has 1 aromatic rings. The molecule has 92 valence electrons. The summed E-state index contributed by atoms with van der Waals surface area (Å²) in [5, 5.41) is 3.02. The second kappa shape index (κ2) is 5.96. The molecule has 1 aliphatic rings. The van der Waals surface area contributed by atoms with Gasteiger partial charge >= 0.3 is 0 Å².